The lowest BCUT2D eigenvalue weighted by molar-refractivity contribution is -0.384. The Bertz CT molecular complexity index is 561. The van der Waals surface area contributed by atoms with Gasteiger partial charge in [-0.05, 0) is 30.9 Å². The molecule has 7 heteroatoms. The number of nitro groups is 1. The first kappa shape index (κ1) is 15.2. The Hall–Kier alpha value is -2.15. The summed E-state index contributed by atoms with van der Waals surface area (Å²) in [5.74, 6) is -0.0611. The first-order chi connectivity index (χ1) is 9.93. The molecule has 0 radical (unpaired) electrons. The van der Waals surface area contributed by atoms with Gasteiger partial charge in [0, 0.05) is 30.8 Å². The van der Waals surface area contributed by atoms with E-state index in [1.807, 2.05) is 4.90 Å². The van der Waals surface area contributed by atoms with Gasteiger partial charge in [0.05, 0.1) is 4.92 Å². The van der Waals surface area contributed by atoms with E-state index in [4.69, 9.17) is 11.5 Å². The van der Waals surface area contributed by atoms with Crippen molar-refractivity contribution in [3.8, 4) is 0 Å². The minimum Gasteiger partial charge on any atom is -0.366 e. The number of nitro benzene ring substituents is 1. The summed E-state index contributed by atoms with van der Waals surface area (Å²) in [6.45, 7) is 3.25. The molecule has 1 aromatic rings. The molecule has 2 rings (SSSR count). The van der Waals surface area contributed by atoms with Crippen LogP contribution in [0.3, 0.4) is 0 Å². The number of carbonyl (C=O) groups is 1. The molecule has 2 unspecified atom stereocenters. The lowest BCUT2D eigenvalue weighted by Crippen LogP contribution is -2.46. The normalized spacial score (nSPS) is 22.1. The molecule has 0 aromatic heterocycles. The summed E-state index contributed by atoms with van der Waals surface area (Å²) in [4.78, 5) is 24.1. The fourth-order valence-electron chi connectivity index (χ4n) is 2.85. The van der Waals surface area contributed by atoms with Crippen molar-refractivity contribution in [2.75, 3.05) is 18.0 Å². The Kier molecular flexibility index (Phi) is 4.42. The Morgan fingerprint density at radius 1 is 1.52 bits per heavy atom. The third-order valence-electron chi connectivity index (χ3n) is 4.02. The van der Waals surface area contributed by atoms with Crippen LogP contribution in [0.4, 0.5) is 11.4 Å². The Morgan fingerprint density at radius 2 is 2.24 bits per heavy atom. The van der Waals surface area contributed by atoms with Gasteiger partial charge >= 0.3 is 0 Å². The molecule has 1 fully saturated rings. The molecule has 1 aliphatic heterocycles. The van der Waals surface area contributed by atoms with Crippen LogP contribution < -0.4 is 16.4 Å². The third-order valence-corrected chi connectivity index (χ3v) is 4.02. The van der Waals surface area contributed by atoms with Crippen molar-refractivity contribution in [3.63, 3.8) is 0 Å². The second kappa shape index (κ2) is 6.09. The topological polar surface area (TPSA) is 115 Å². The number of nitrogens with zero attached hydrogens (tertiary/aromatic N) is 2. The molecule has 1 amide bonds. The fraction of sp³-hybridized carbons (Fsp3) is 0.500. The minimum atomic E-state index is -0.596. The van der Waals surface area contributed by atoms with Gasteiger partial charge in [0.1, 0.15) is 5.69 Å². The largest absolute Gasteiger partial charge is 0.366 e. The molecule has 0 saturated carbocycles. The molecule has 2 atom stereocenters. The third kappa shape index (κ3) is 3.13. The van der Waals surface area contributed by atoms with Gasteiger partial charge in [0.2, 0.25) is 5.91 Å². The monoisotopic (exact) mass is 292 g/mol. The van der Waals surface area contributed by atoms with E-state index in [0.717, 1.165) is 12.8 Å². The van der Waals surface area contributed by atoms with E-state index >= 15 is 0 Å². The van der Waals surface area contributed by atoms with E-state index in [9.17, 15) is 14.9 Å². The van der Waals surface area contributed by atoms with Crippen molar-refractivity contribution < 1.29 is 9.72 Å². The molecular formula is C14H20N4O3. The number of nitrogens with two attached hydrogens (primary N) is 2. The van der Waals surface area contributed by atoms with Crippen LogP contribution in [0.25, 0.3) is 0 Å². The zero-order valence-electron chi connectivity index (χ0n) is 12.0. The first-order valence-corrected chi connectivity index (χ1v) is 6.99. The number of anilines is 1. The summed E-state index contributed by atoms with van der Waals surface area (Å²) in [6.07, 6.45) is 1.82. The zero-order chi connectivity index (χ0) is 15.6. The van der Waals surface area contributed by atoms with Crippen LogP contribution in [0.2, 0.25) is 0 Å². The van der Waals surface area contributed by atoms with Crippen molar-refractivity contribution in [2.45, 2.75) is 25.8 Å². The quantitative estimate of drug-likeness (QED) is 0.640. The molecule has 7 nitrogen and oxygen atoms in total. The molecule has 0 bridgehead atoms. The molecule has 4 N–H and O–H groups in total. The van der Waals surface area contributed by atoms with Gasteiger partial charge in [0.15, 0.2) is 0 Å². The highest BCUT2D eigenvalue weighted by Crippen LogP contribution is 2.34. The zero-order valence-corrected chi connectivity index (χ0v) is 12.0. The van der Waals surface area contributed by atoms with Crippen molar-refractivity contribution in [1.29, 1.82) is 0 Å². The first-order valence-electron chi connectivity index (χ1n) is 6.99. The molecule has 0 aliphatic carbocycles. The van der Waals surface area contributed by atoms with Gasteiger partial charge in [-0.15, -0.1) is 0 Å². The van der Waals surface area contributed by atoms with Gasteiger partial charge < -0.3 is 16.4 Å². The van der Waals surface area contributed by atoms with Crippen molar-refractivity contribution in [2.24, 2.45) is 17.4 Å². The number of primary amides is 1. The summed E-state index contributed by atoms with van der Waals surface area (Å²) in [5, 5.41) is 11.2. The number of amides is 1. The molecular weight excluding hydrogens is 272 g/mol. The lowest BCUT2D eigenvalue weighted by Gasteiger charge is -2.39. The fourth-order valence-corrected chi connectivity index (χ4v) is 2.85. The standard InChI is InChI=1S/C14H20N4O3/c1-9-4-5-17(11(6-9)8-15)13-7-10(14(16)19)2-3-12(13)18(20)21/h2-3,7,9,11H,4-6,8,15H2,1H3,(H2,16,19). The summed E-state index contributed by atoms with van der Waals surface area (Å²) in [6, 6.07) is 4.25. The molecule has 1 aromatic carbocycles. The number of rotatable bonds is 4. The Labute approximate surface area is 123 Å². The van der Waals surface area contributed by atoms with Crippen LogP contribution in [-0.4, -0.2) is 30.0 Å². The maximum atomic E-state index is 11.3. The van der Waals surface area contributed by atoms with Gasteiger partial charge in [0.25, 0.3) is 5.69 Å². The second-order valence-corrected chi connectivity index (χ2v) is 5.54. The predicted molar refractivity (Wildman–Crippen MR) is 80.2 cm³/mol. The van der Waals surface area contributed by atoms with E-state index in [1.165, 1.54) is 18.2 Å². The molecule has 1 heterocycles. The summed E-state index contributed by atoms with van der Waals surface area (Å²) in [7, 11) is 0. The molecule has 1 saturated heterocycles. The highest BCUT2D eigenvalue weighted by molar-refractivity contribution is 5.94. The van der Waals surface area contributed by atoms with Gasteiger partial charge in [-0.2, -0.15) is 0 Å². The Morgan fingerprint density at radius 3 is 2.81 bits per heavy atom. The maximum Gasteiger partial charge on any atom is 0.292 e. The molecule has 114 valence electrons. The Balaban J connectivity index is 2.46. The minimum absolute atomic E-state index is 0.0204. The number of carbonyl (C=O) groups excluding carboxylic acids is 1. The van der Waals surface area contributed by atoms with E-state index in [0.29, 0.717) is 24.7 Å². The highest BCUT2D eigenvalue weighted by atomic mass is 16.6. The number of piperidine rings is 1. The van der Waals surface area contributed by atoms with Crippen LogP contribution in [-0.2, 0) is 0 Å². The van der Waals surface area contributed by atoms with Crippen LogP contribution in [0.1, 0.15) is 30.1 Å². The number of hydrogen-bond donors (Lipinski definition) is 2. The predicted octanol–water partition coefficient (Wildman–Crippen LogP) is 1.26. The van der Waals surface area contributed by atoms with Crippen molar-refractivity contribution in [1.82, 2.24) is 0 Å². The van der Waals surface area contributed by atoms with Crippen LogP contribution in [0.15, 0.2) is 18.2 Å². The lowest BCUT2D eigenvalue weighted by atomic mass is 9.91. The van der Waals surface area contributed by atoms with E-state index < -0.39 is 10.8 Å². The van der Waals surface area contributed by atoms with Crippen molar-refractivity contribution in [3.05, 3.63) is 33.9 Å². The van der Waals surface area contributed by atoms with Gasteiger partial charge in [-0.1, -0.05) is 6.92 Å². The van der Waals surface area contributed by atoms with E-state index in [-0.39, 0.29) is 17.3 Å². The van der Waals surface area contributed by atoms with Crippen molar-refractivity contribution >= 4 is 17.3 Å². The van der Waals surface area contributed by atoms with Crippen LogP contribution >= 0.6 is 0 Å². The maximum absolute atomic E-state index is 11.3. The number of hydrogen-bond acceptors (Lipinski definition) is 5. The van der Waals surface area contributed by atoms with Gasteiger partial charge in [-0.3, -0.25) is 14.9 Å². The van der Waals surface area contributed by atoms with Gasteiger partial charge in [-0.25, -0.2) is 0 Å². The van der Waals surface area contributed by atoms with Crippen LogP contribution in [0.5, 0.6) is 0 Å². The van der Waals surface area contributed by atoms with E-state index in [2.05, 4.69) is 6.92 Å². The molecule has 1 aliphatic rings. The molecule has 21 heavy (non-hydrogen) atoms. The van der Waals surface area contributed by atoms with E-state index in [1.54, 1.807) is 0 Å². The van der Waals surface area contributed by atoms with Crippen LogP contribution in [0, 0.1) is 16.0 Å². The SMILES string of the molecule is CC1CCN(c2cc(C(N)=O)ccc2[N+](=O)[O-])C(CN)C1. The number of benzene rings is 1. The molecule has 0 spiro atoms. The summed E-state index contributed by atoms with van der Waals surface area (Å²) < 4.78 is 0. The summed E-state index contributed by atoms with van der Waals surface area (Å²) in [5.41, 5.74) is 11.8. The second-order valence-electron chi connectivity index (χ2n) is 5.54. The smallest absolute Gasteiger partial charge is 0.292 e. The average Bonchev–Trinajstić information content (AvgIpc) is 2.46. The summed E-state index contributed by atoms with van der Waals surface area (Å²) >= 11 is 0. The highest BCUT2D eigenvalue weighted by Gasteiger charge is 2.30. The average molecular weight is 292 g/mol.